The second-order valence-electron chi connectivity index (χ2n) is 5.35. The van der Waals surface area contributed by atoms with Crippen LogP contribution in [0.3, 0.4) is 0 Å². The Kier molecular flexibility index (Phi) is 7.07. The maximum atomic E-state index is 12.2. The maximum Gasteiger partial charge on any atom is 0.223 e. The lowest BCUT2D eigenvalue weighted by atomic mass is 9.99. The Balaban J connectivity index is 0.00000180. The molecule has 1 saturated heterocycles. The molecule has 0 bridgehead atoms. The summed E-state index contributed by atoms with van der Waals surface area (Å²) in [4.78, 5) is 14.1. The van der Waals surface area contributed by atoms with Crippen molar-refractivity contribution in [2.45, 2.75) is 37.8 Å². The van der Waals surface area contributed by atoms with Crippen LogP contribution in [0.5, 0.6) is 0 Å². The number of morpholine rings is 1. The Morgan fingerprint density at radius 3 is 2.89 bits per heavy atom. The Hall–Kier alpha value is -0.360. The van der Waals surface area contributed by atoms with Gasteiger partial charge in [0.25, 0.3) is 0 Å². The predicted octanol–water partition coefficient (Wildman–Crippen LogP) is 0.799. The van der Waals surface area contributed by atoms with E-state index >= 15 is 0 Å². The summed E-state index contributed by atoms with van der Waals surface area (Å²) >= 11 is 0. The summed E-state index contributed by atoms with van der Waals surface area (Å²) < 4.78 is 10.6. The number of amides is 1. The molecular weight excluding hydrogens is 268 g/mol. The third kappa shape index (κ3) is 4.60. The van der Waals surface area contributed by atoms with Gasteiger partial charge < -0.3 is 20.1 Å². The van der Waals surface area contributed by atoms with Gasteiger partial charge in [-0.15, -0.1) is 12.4 Å². The van der Waals surface area contributed by atoms with Crippen molar-refractivity contribution in [1.29, 1.82) is 0 Å². The molecule has 1 amide bonds. The van der Waals surface area contributed by atoms with Crippen LogP contribution in [0.15, 0.2) is 0 Å². The van der Waals surface area contributed by atoms with Gasteiger partial charge in [-0.05, 0) is 18.8 Å². The number of hydrogen-bond donors (Lipinski definition) is 1. The molecule has 1 unspecified atom stereocenters. The lowest BCUT2D eigenvalue weighted by Crippen LogP contribution is -2.48. The second-order valence-corrected chi connectivity index (χ2v) is 5.35. The fourth-order valence-corrected chi connectivity index (χ4v) is 2.90. The van der Waals surface area contributed by atoms with Crippen LogP contribution in [0, 0.1) is 5.92 Å². The molecular formula is C13H25ClN2O3. The van der Waals surface area contributed by atoms with Crippen LogP contribution < -0.4 is 5.73 Å². The number of ether oxygens (including phenoxy) is 2. The average Bonchev–Trinajstić information content (AvgIpc) is 2.76. The van der Waals surface area contributed by atoms with E-state index < -0.39 is 0 Å². The molecule has 0 aromatic carbocycles. The van der Waals surface area contributed by atoms with E-state index in [-0.39, 0.29) is 30.5 Å². The average molecular weight is 293 g/mol. The van der Waals surface area contributed by atoms with Gasteiger partial charge in [-0.3, -0.25) is 4.79 Å². The summed E-state index contributed by atoms with van der Waals surface area (Å²) in [7, 11) is 1.65. The quantitative estimate of drug-likeness (QED) is 0.832. The summed E-state index contributed by atoms with van der Waals surface area (Å²) in [5, 5.41) is 0. The first kappa shape index (κ1) is 16.7. The number of methoxy groups -OCH3 is 1. The maximum absolute atomic E-state index is 12.2. The van der Waals surface area contributed by atoms with Crippen molar-refractivity contribution in [3.8, 4) is 0 Å². The smallest absolute Gasteiger partial charge is 0.223 e. The van der Waals surface area contributed by atoms with E-state index in [1.165, 1.54) is 0 Å². The van der Waals surface area contributed by atoms with Crippen molar-refractivity contribution in [2.75, 3.05) is 33.4 Å². The summed E-state index contributed by atoms with van der Waals surface area (Å²) in [5.74, 6) is 0.600. The third-order valence-electron chi connectivity index (χ3n) is 4.00. The van der Waals surface area contributed by atoms with Gasteiger partial charge in [0.05, 0.1) is 19.3 Å². The normalized spacial score (nSPS) is 31.1. The summed E-state index contributed by atoms with van der Waals surface area (Å²) in [6.07, 6.45) is 3.94. The molecule has 0 spiro atoms. The Labute approximate surface area is 121 Å². The van der Waals surface area contributed by atoms with Gasteiger partial charge in [0.2, 0.25) is 5.91 Å². The zero-order chi connectivity index (χ0) is 13.0. The van der Waals surface area contributed by atoms with E-state index in [9.17, 15) is 4.79 Å². The van der Waals surface area contributed by atoms with Crippen LogP contribution in [0.4, 0.5) is 0 Å². The summed E-state index contributed by atoms with van der Waals surface area (Å²) in [5.41, 5.74) is 6.02. The number of carbonyl (C=O) groups excluding carboxylic acids is 1. The molecule has 112 valence electrons. The van der Waals surface area contributed by atoms with Crippen molar-refractivity contribution in [1.82, 2.24) is 4.90 Å². The first-order valence-corrected chi connectivity index (χ1v) is 6.84. The van der Waals surface area contributed by atoms with Gasteiger partial charge in [-0.2, -0.15) is 0 Å². The van der Waals surface area contributed by atoms with Crippen molar-refractivity contribution in [3.05, 3.63) is 0 Å². The highest BCUT2D eigenvalue weighted by atomic mass is 35.5. The van der Waals surface area contributed by atoms with Gasteiger partial charge in [0, 0.05) is 32.7 Å². The van der Waals surface area contributed by atoms with Crippen molar-refractivity contribution in [3.63, 3.8) is 0 Å². The molecule has 0 aromatic rings. The molecule has 1 aliphatic heterocycles. The first-order chi connectivity index (χ1) is 8.70. The minimum atomic E-state index is 0. The molecule has 19 heavy (non-hydrogen) atoms. The van der Waals surface area contributed by atoms with Crippen LogP contribution in [-0.4, -0.2) is 56.4 Å². The van der Waals surface area contributed by atoms with E-state index in [1.54, 1.807) is 7.11 Å². The summed E-state index contributed by atoms with van der Waals surface area (Å²) in [6.45, 7) is 2.50. The highest BCUT2D eigenvalue weighted by Gasteiger charge is 2.30. The second kappa shape index (κ2) is 8.04. The molecule has 0 aromatic heterocycles. The fraction of sp³-hybridized carbons (Fsp3) is 0.923. The van der Waals surface area contributed by atoms with Gasteiger partial charge >= 0.3 is 0 Å². The lowest BCUT2D eigenvalue weighted by Gasteiger charge is -2.33. The van der Waals surface area contributed by atoms with E-state index in [0.29, 0.717) is 38.6 Å². The molecule has 1 saturated carbocycles. The predicted molar refractivity (Wildman–Crippen MR) is 75.4 cm³/mol. The zero-order valence-electron chi connectivity index (χ0n) is 11.5. The monoisotopic (exact) mass is 292 g/mol. The number of hydrogen-bond acceptors (Lipinski definition) is 4. The molecule has 2 N–H and O–H groups in total. The van der Waals surface area contributed by atoms with Gasteiger partial charge in [0.15, 0.2) is 0 Å². The van der Waals surface area contributed by atoms with Crippen LogP contribution in [0.1, 0.15) is 25.7 Å². The van der Waals surface area contributed by atoms with E-state index in [1.807, 2.05) is 4.90 Å². The largest absolute Gasteiger partial charge is 0.382 e. The molecule has 1 aliphatic carbocycles. The Bertz CT molecular complexity index is 289. The van der Waals surface area contributed by atoms with E-state index in [2.05, 4.69) is 0 Å². The fourth-order valence-electron chi connectivity index (χ4n) is 2.90. The molecule has 1 heterocycles. The first-order valence-electron chi connectivity index (χ1n) is 6.84. The van der Waals surface area contributed by atoms with Crippen molar-refractivity contribution < 1.29 is 14.3 Å². The van der Waals surface area contributed by atoms with Gasteiger partial charge in [0.1, 0.15) is 0 Å². The minimum absolute atomic E-state index is 0. The SMILES string of the molecule is COCC1CN(C(=O)C[C@@H]2CCC[C@H]2N)CCO1.Cl. The highest BCUT2D eigenvalue weighted by Crippen LogP contribution is 2.27. The van der Waals surface area contributed by atoms with Crippen LogP contribution >= 0.6 is 12.4 Å². The minimum Gasteiger partial charge on any atom is -0.382 e. The molecule has 3 atom stereocenters. The summed E-state index contributed by atoms with van der Waals surface area (Å²) in [6, 6.07) is 0.213. The van der Waals surface area contributed by atoms with Crippen LogP contribution in [0.25, 0.3) is 0 Å². The Morgan fingerprint density at radius 1 is 1.47 bits per heavy atom. The van der Waals surface area contributed by atoms with E-state index in [0.717, 1.165) is 19.3 Å². The number of rotatable bonds is 4. The van der Waals surface area contributed by atoms with Gasteiger partial charge in [-0.25, -0.2) is 0 Å². The number of carbonyl (C=O) groups is 1. The Morgan fingerprint density at radius 2 is 2.26 bits per heavy atom. The van der Waals surface area contributed by atoms with Gasteiger partial charge in [-0.1, -0.05) is 6.42 Å². The molecule has 2 rings (SSSR count). The molecule has 0 radical (unpaired) electrons. The standard InChI is InChI=1S/C13H24N2O3.ClH/c1-17-9-11-8-15(5-6-18-11)13(16)7-10-3-2-4-12(10)14;/h10-12H,2-9,14H2,1H3;1H/t10-,11?,12+;/m0./s1. The number of halogens is 1. The molecule has 6 heteroatoms. The topological polar surface area (TPSA) is 64.8 Å². The molecule has 5 nitrogen and oxygen atoms in total. The van der Waals surface area contributed by atoms with Crippen molar-refractivity contribution >= 4 is 18.3 Å². The lowest BCUT2D eigenvalue weighted by molar-refractivity contribution is -0.141. The van der Waals surface area contributed by atoms with Crippen LogP contribution in [-0.2, 0) is 14.3 Å². The van der Waals surface area contributed by atoms with E-state index in [4.69, 9.17) is 15.2 Å². The number of nitrogens with zero attached hydrogens (tertiary/aromatic N) is 1. The third-order valence-corrected chi connectivity index (χ3v) is 4.00. The highest BCUT2D eigenvalue weighted by molar-refractivity contribution is 5.85. The van der Waals surface area contributed by atoms with Crippen molar-refractivity contribution in [2.24, 2.45) is 11.7 Å². The zero-order valence-corrected chi connectivity index (χ0v) is 12.4. The molecule has 2 aliphatic rings. The molecule has 2 fully saturated rings. The number of nitrogens with two attached hydrogens (primary N) is 1. The van der Waals surface area contributed by atoms with Crippen LogP contribution in [0.2, 0.25) is 0 Å².